The number of thioether (sulfide) groups is 1. The Morgan fingerprint density at radius 3 is 2.56 bits per heavy atom. The van der Waals surface area contributed by atoms with Crippen LogP contribution in [0.2, 0.25) is 0 Å². The molecule has 6 nitrogen and oxygen atoms in total. The van der Waals surface area contributed by atoms with Crippen LogP contribution in [0.1, 0.15) is 18.3 Å². The van der Waals surface area contributed by atoms with Crippen molar-refractivity contribution in [2.75, 3.05) is 17.7 Å². The summed E-state index contributed by atoms with van der Waals surface area (Å²) in [5.74, 6) is 0.731. The molecule has 34 heavy (non-hydrogen) atoms. The average molecular weight is 541 g/mol. The van der Waals surface area contributed by atoms with Gasteiger partial charge in [0.1, 0.15) is 17.4 Å². The highest BCUT2D eigenvalue weighted by atomic mass is 79.9. The smallest absolute Gasteiger partial charge is 0.234 e. The molecule has 0 unspecified atom stereocenters. The summed E-state index contributed by atoms with van der Waals surface area (Å²) >= 11 is 4.45. The van der Waals surface area contributed by atoms with Gasteiger partial charge in [-0.25, -0.2) is 4.39 Å². The van der Waals surface area contributed by atoms with E-state index in [1.165, 1.54) is 23.9 Å². The van der Waals surface area contributed by atoms with Crippen molar-refractivity contribution < 1.29 is 13.9 Å². The third-order valence-corrected chi connectivity index (χ3v) is 6.27. The normalized spacial score (nSPS) is 10.8. The molecule has 0 fully saturated rings. The van der Waals surface area contributed by atoms with Crippen LogP contribution in [-0.2, 0) is 11.2 Å². The molecule has 0 aliphatic carbocycles. The van der Waals surface area contributed by atoms with Crippen LogP contribution in [0.15, 0.2) is 82.4 Å². The fourth-order valence-electron chi connectivity index (χ4n) is 3.31. The molecule has 0 spiro atoms. The molecule has 0 aliphatic rings. The lowest BCUT2D eigenvalue weighted by atomic mass is 10.1. The van der Waals surface area contributed by atoms with Gasteiger partial charge in [-0.3, -0.25) is 9.36 Å². The average Bonchev–Trinajstić information content (AvgIpc) is 3.23. The highest BCUT2D eigenvalue weighted by molar-refractivity contribution is 9.10. The molecule has 0 saturated heterocycles. The third kappa shape index (κ3) is 6.03. The van der Waals surface area contributed by atoms with Gasteiger partial charge in [0.2, 0.25) is 5.91 Å². The second kappa shape index (κ2) is 11.3. The maximum atomic E-state index is 14.1. The largest absolute Gasteiger partial charge is 0.494 e. The molecule has 1 aromatic heterocycles. The number of nitrogens with zero attached hydrogens (tertiary/aromatic N) is 3. The number of hydrogen-bond donors (Lipinski definition) is 1. The van der Waals surface area contributed by atoms with Crippen LogP contribution in [0.4, 0.5) is 10.1 Å². The maximum Gasteiger partial charge on any atom is 0.234 e. The lowest BCUT2D eigenvalue weighted by Gasteiger charge is -2.12. The molecule has 1 heterocycles. The topological polar surface area (TPSA) is 69.0 Å². The first-order chi connectivity index (χ1) is 16.5. The first kappa shape index (κ1) is 24.0. The number of carbonyl (C=O) groups is 1. The molecular formula is C25H22BrFN4O2S. The maximum absolute atomic E-state index is 14.1. The van der Waals surface area contributed by atoms with E-state index in [2.05, 4.69) is 31.4 Å². The Morgan fingerprint density at radius 1 is 1.09 bits per heavy atom. The van der Waals surface area contributed by atoms with E-state index in [9.17, 15) is 9.18 Å². The molecule has 0 atom stereocenters. The van der Waals surface area contributed by atoms with Crippen LogP contribution in [0, 0.1) is 5.82 Å². The number of halogens is 2. The molecule has 0 bridgehead atoms. The van der Waals surface area contributed by atoms with E-state index in [1.807, 2.05) is 66.1 Å². The molecule has 4 aromatic rings. The van der Waals surface area contributed by atoms with Gasteiger partial charge >= 0.3 is 0 Å². The van der Waals surface area contributed by atoms with Crippen molar-refractivity contribution in [1.29, 1.82) is 0 Å². The van der Waals surface area contributed by atoms with Crippen LogP contribution in [0.3, 0.4) is 0 Å². The minimum Gasteiger partial charge on any atom is -0.494 e. The Balaban J connectivity index is 1.55. The lowest BCUT2D eigenvalue weighted by molar-refractivity contribution is -0.113. The minimum atomic E-state index is -0.504. The molecule has 4 rings (SSSR count). The van der Waals surface area contributed by atoms with Crippen molar-refractivity contribution in [3.05, 3.63) is 94.5 Å². The van der Waals surface area contributed by atoms with E-state index in [4.69, 9.17) is 4.74 Å². The Labute approximate surface area is 209 Å². The Bertz CT molecular complexity index is 1270. The lowest BCUT2D eigenvalue weighted by Crippen LogP contribution is -2.15. The zero-order chi connectivity index (χ0) is 23.9. The number of rotatable bonds is 9. The minimum absolute atomic E-state index is 0.0516. The van der Waals surface area contributed by atoms with Gasteiger partial charge in [0.25, 0.3) is 0 Å². The standard InChI is InChI=1S/C25H22BrFN4O2S/c1-2-33-20-11-9-19(10-12-20)31-23(14-17-6-4-3-5-7-17)29-30-25(31)34-16-24(32)28-22-13-8-18(26)15-21(22)27/h3-13,15H,2,14,16H2,1H3,(H,28,32). The second-order valence-corrected chi connectivity index (χ2v) is 9.14. The van der Waals surface area contributed by atoms with E-state index in [-0.39, 0.29) is 17.3 Å². The number of carbonyl (C=O) groups excluding carboxylic acids is 1. The molecule has 3 aromatic carbocycles. The van der Waals surface area contributed by atoms with Gasteiger partial charge in [-0.1, -0.05) is 58.0 Å². The molecular weight excluding hydrogens is 519 g/mol. The fourth-order valence-corrected chi connectivity index (χ4v) is 4.42. The second-order valence-electron chi connectivity index (χ2n) is 7.28. The van der Waals surface area contributed by atoms with Crippen LogP contribution < -0.4 is 10.1 Å². The van der Waals surface area contributed by atoms with E-state index < -0.39 is 5.82 Å². The molecule has 1 N–H and O–H groups in total. The number of benzene rings is 3. The van der Waals surface area contributed by atoms with Crippen molar-refractivity contribution in [1.82, 2.24) is 14.8 Å². The van der Waals surface area contributed by atoms with Gasteiger partial charge in [0.15, 0.2) is 5.16 Å². The predicted octanol–water partition coefficient (Wildman–Crippen LogP) is 5.89. The first-order valence-electron chi connectivity index (χ1n) is 10.6. The highest BCUT2D eigenvalue weighted by Crippen LogP contribution is 2.26. The van der Waals surface area contributed by atoms with Crippen LogP contribution in [0.25, 0.3) is 5.69 Å². The highest BCUT2D eigenvalue weighted by Gasteiger charge is 2.17. The summed E-state index contributed by atoms with van der Waals surface area (Å²) < 4.78 is 22.2. The van der Waals surface area contributed by atoms with Gasteiger partial charge in [-0.05, 0) is 55.0 Å². The summed E-state index contributed by atoms with van der Waals surface area (Å²) in [5, 5.41) is 11.9. The Kier molecular flexibility index (Phi) is 7.97. The predicted molar refractivity (Wildman–Crippen MR) is 135 cm³/mol. The third-order valence-electron chi connectivity index (χ3n) is 4.85. The zero-order valence-corrected chi connectivity index (χ0v) is 20.8. The molecule has 9 heteroatoms. The first-order valence-corrected chi connectivity index (χ1v) is 12.4. The summed E-state index contributed by atoms with van der Waals surface area (Å²) in [5.41, 5.74) is 2.09. The quantitative estimate of drug-likeness (QED) is 0.268. The van der Waals surface area contributed by atoms with E-state index in [1.54, 1.807) is 6.07 Å². The Hall–Kier alpha value is -3.17. The van der Waals surface area contributed by atoms with Crippen molar-refractivity contribution >= 4 is 39.3 Å². The summed E-state index contributed by atoms with van der Waals surface area (Å²) in [4.78, 5) is 12.5. The number of aromatic nitrogens is 3. The SMILES string of the molecule is CCOc1ccc(-n2c(Cc3ccccc3)nnc2SCC(=O)Nc2ccc(Br)cc2F)cc1. The van der Waals surface area contributed by atoms with E-state index in [0.717, 1.165) is 22.8 Å². The molecule has 1 amide bonds. The zero-order valence-electron chi connectivity index (χ0n) is 18.4. The summed E-state index contributed by atoms with van der Waals surface area (Å²) in [6, 6.07) is 22.1. The van der Waals surface area contributed by atoms with Crippen LogP contribution >= 0.6 is 27.7 Å². The van der Waals surface area contributed by atoms with Gasteiger partial charge in [-0.15, -0.1) is 10.2 Å². The van der Waals surface area contributed by atoms with Gasteiger partial charge in [-0.2, -0.15) is 0 Å². The monoisotopic (exact) mass is 540 g/mol. The number of amides is 1. The number of hydrogen-bond acceptors (Lipinski definition) is 5. The van der Waals surface area contributed by atoms with E-state index in [0.29, 0.717) is 22.7 Å². The van der Waals surface area contributed by atoms with Gasteiger partial charge in [0.05, 0.1) is 18.0 Å². The van der Waals surface area contributed by atoms with Gasteiger partial charge in [0, 0.05) is 16.6 Å². The van der Waals surface area contributed by atoms with Crippen LogP contribution in [0.5, 0.6) is 5.75 Å². The van der Waals surface area contributed by atoms with E-state index >= 15 is 0 Å². The molecule has 0 radical (unpaired) electrons. The van der Waals surface area contributed by atoms with Crippen molar-refractivity contribution in [3.63, 3.8) is 0 Å². The molecule has 174 valence electrons. The van der Waals surface area contributed by atoms with Crippen LogP contribution in [-0.4, -0.2) is 33.0 Å². The molecule has 0 saturated carbocycles. The van der Waals surface area contributed by atoms with Gasteiger partial charge < -0.3 is 10.1 Å². The van der Waals surface area contributed by atoms with Crippen molar-refractivity contribution in [2.45, 2.75) is 18.5 Å². The number of anilines is 1. The van der Waals surface area contributed by atoms with Crippen molar-refractivity contribution in [2.24, 2.45) is 0 Å². The fraction of sp³-hybridized carbons (Fsp3) is 0.160. The summed E-state index contributed by atoms with van der Waals surface area (Å²) in [6.07, 6.45) is 0.581. The number of nitrogens with one attached hydrogen (secondary N) is 1. The van der Waals surface area contributed by atoms with Crippen molar-refractivity contribution in [3.8, 4) is 11.4 Å². The summed E-state index contributed by atoms with van der Waals surface area (Å²) in [7, 11) is 0. The number of ether oxygens (including phenoxy) is 1. The summed E-state index contributed by atoms with van der Waals surface area (Å²) in [6.45, 7) is 2.52. The Morgan fingerprint density at radius 2 is 1.85 bits per heavy atom. The molecule has 0 aliphatic heterocycles.